The van der Waals surface area contributed by atoms with Gasteiger partial charge in [-0.25, -0.2) is 0 Å². The Balaban J connectivity index is 1.51. The Hall–Kier alpha value is -1.26. The molecule has 0 aromatic heterocycles. The minimum Gasteiger partial charge on any atom is -0.342 e. The van der Waals surface area contributed by atoms with E-state index in [1.807, 2.05) is 4.90 Å². The van der Waals surface area contributed by atoms with Gasteiger partial charge in [-0.3, -0.25) is 9.59 Å². The largest absolute Gasteiger partial charge is 0.342 e. The molecule has 1 heterocycles. The van der Waals surface area contributed by atoms with Crippen LogP contribution in [0.4, 0.5) is 5.69 Å². The van der Waals surface area contributed by atoms with Gasteiger partial charge in [-0.2, -0.15) is 0 Å². The van der Waals surface area contributed by atoms with Gasteiger partial charge in [-0.15, -0.1) is 0 Å². The maximum absolute atomic E-state index is 12.7. The Bertz CT molecular complexity index is 664. The van der Waals surface area contributed by atoms with Crippen LogP contribution in [-0.2, 0) is 9.59 Å². The Kier molecular flexibility index (Phi) is 6.46. The number of amides is 2. The van der Waals surface area contributed by atoms with E-state index in [0.717, 1.165) is 57.5 Å². The molecule has 1 aromatic rings. The number of likely N-dealkylation sites (tertiary alicyclic amines) is 1. The van der Waals surface area contributed by atoms with E-state index in [-0.39, 0.29) is 23.7 Å². The zero-order chi connectivity index (χ0) is 18.7. The summed E-state index contributed by atoms with van der Waals surface area (Å²) in [6.45, 7) is 4.01. The summed E-state index contributed by atoms with van der Waals surface area (Å²) in [4.78, 5) is 27.3. The standard InChI is InChI=1S/C20H26Cl2N2O2/c1-13-9-11-24(12-10-13)20(26)15-7-5-14(6-8-15)19(25)23-17-4-2-3-16(21)18(17)22/h2-4,13-15H,5-12H2,1H3,(H,23,25). The molecular weight excluding hydrogens is 371 g/mol. The molecule has 1 N–H and O–H groups in total. The van der Waals surface area contributed by atoms with Gasteiger partial charge < -0.3 is 10.2 Å². The van der Waals surface area contributed by atoms with Crippen LogP contribution in [0.15, 0.2) is 18.2 Å². The maximum Gasteiger partial charge on any atom is 0.227 e. The number of nitrogens with one attached hydrogen (secondary N) is 1. The van der Waals surface area contributed by atoms with E-state index in [1.54, 1.807) is 18.2 Å². The molecule has 0 spiro atoms. The molecule has 0 atom stereocenters. The molecule has 1 saturated heterocycles. The van der Waals surface area contributed by atoms with Crippen molar-refractivity contribution in [3.63, 3.8) is 0 Å². The van der Waals surface area contributed by atoms with Crippen molar-refractivity contribution < 1.29 is 9.59 Å². The maximum atomic E-state index is 12.7. The zero-order valence-electron chi connectivity index (χ0n) is 15.1. The second kappa shape index (κ2) is 8.62. The van der Waals surface area contributed by atoms with Crippen LogP contribution < -0.4 is 5.32 Å². The molecule has 0 bridgehead atoms. The Morgan fingerprint density at radius 3 is 2.27 bits per heavy atom. The van der Waals surface area contributed by atoms with Crippen LogP contribution >= 0.6 is 23.2 Å². The van der Waals surface area contributed by atoms with E-state index in [1.165, 1.54) is 0 Å². The summed E-state index contributed by atoms with van der Waals surface area (Å²) in [7, 11) is 0. The predicted octanol–water partition coefficient (Wildman–Crippen LogP) is 5.00. The Labute approximate surface area is 165 Å². The predicted molar refractivity (Wildman–Crippen MR) is 106 cm³/mol. The number of halogens is 2. The number of anilines is 1. The minimum atomic E-state index is -0.0736. The highest BCUT2D eigenvalue weighted by Gasteiger charge is 2.33. The average molecular weight is 397 g/mol. The highest BCUT2D eigenvalue weighted by atomic mass is 35.5. The van der Waals surface area contributed by atoms with Crippen LogP contribution in [0.3, 0.4) is 0 Å². The summed E-state index contributed by atoms with van der Waals surface area (Å²) >= 11 is 12.1. The van der Waals surface area contributed by atoms with Gasteiger partial charge in [0.1, 0.15) is 0 Å². The number of benzene rings is 1. The molecule has 1 aromatic carbocycles. The fourth-order valence-corrected chi connectivity index (χ4v) is 4.27. The average Bonchev–Trinajstić information content (AvgIpc) is 2.65. The first-order valence-electron chi connectivity index (χ1n) is 9.49. The van der Waals surface area contributed by atoms with Crippen molar-refractivity contribution >= 4 is 40.7 Å². The molecule has 142 valence electrons. The summed E-state index contributed by atoms with van der Waals surface area (Å²) in [5.41, 5.74) is 0.546. The zero-order valence-corrected chi connectivity index (χ0v) is 16.7. The van der Waals surface area contributed by atoms with Gasteiger partial charge in [0.25, 0.3) is 0 Å². The van der Waals surface area contributed by atoms with E-state index in [0.29, 0.717) is 15.7 Å². The van der Waals surface area contributed by atoms with Crippen molar-refractivity contribution in [2.45, 2.75) is 45.4 Å². The third-order valence-electron chi connectivity index (χ3n) is 5.75. The number of rotatable bonds is 3. The van der Waals surface area contributed by atoms with Crippen LogP contribution in [0.2, 0.25) is 10.0 Å². The fourth-order valence-electron chi connectivity index (χ4n) is 3.92. The molecular formula is C20H26Cl2N2O2. The molecule has 26 heavy (non-hydrogen) atoms. The lowest BCUT2D eigenvalue weighted by atomic mass is 9.80. The Morgan fingerprint density at radius 2 is 1.62 bits per heavy atom. The number of nitrogens with zero attached hydrogens (tertiary/aromatic N) is 1. The lowest BCUT2D eigenvalue weighted by molar-refractivity contribution is -0.139. The number of carbonyl (C=O) groups excluding carboxylic acids is 2. The van der Waals surface area contributed by atoms with Crippen molar-refractivity contribution in [1.29, 1.82) is 0 Å². The van der Waals surface area contributed by atoms with Crippen molar-refractivity contribution in [2.24, 2.45) is 17.8 Å². The SMILES string of the molecule is CC1CCN(C(=O)C2CCC(C(=O)Nc3cccc(Cl)c3Cl)CC2)CC1. The Morgan fingerprint density at radius 1 is 1.00 bits per heavy atom. The quantitative estimate of drug-likeness (QED) is 0.781. The molecule has 2 amide bonds. The first kappa shape index (κ1) is 19.5. The lowest BCUT2D eigenvalue weighted by Crippen LogP contribution is -2.42. The van der Waals surface area contributed by atoms with E-state index < -0.39 is 0 Å². The fraction of sp³-hybridized carbons (Fsp3) is 0.600. The molecule has 6 heteroatoms. The van der Waals surface area contributed by atoms with Crippen molar-refractivity contribution in [3.8, 4) is 0 Å². The summed E-state index contributed by atoms with van der Waals surface area (Å²) < 4.78 is 0. The van der Waals surface area contributed by atoms with E-state index in [2.05, 4.69) is 12.2 Å². The number of hydrogen-bond acceptors (Lipinski definition) is 2. The summed E-state index contributed by atoms with van der Waals surface area (Å²) in [5.74, 6) is 0.968. The third kappa shape index (κ3) is 4.52. The van der Waals surface area contributed by atoms with E-state index in [4.69, 9.17) is 23.2 Å². The van der Waals surface area contributed by atoms with Crippen LogP contribution in [0.25, 0.3) is 0 Å². The van der Waals surface area contributed by atoms with Gasteiger partial charge in [0.2, 0.25) is 11.8 Å². The summed E-state index contributed by atoms with van der Waals surface area (Å²) in [5, 5.41) is 3.67. The molecule has 3 rings (SSSR count). The number of piperidine rings is 1. The second-order valence-corrected chi connectivity index (χ2v) is 8.43. The minimum absolute atomic E-state index is 0.0353. The van der Waals surface area contributed by atoms with Gasteiger partial charge >= 0.3 is 0 Å². The lowest BCUT2D eigenvalue weighted by Gasteiger charge is -2.35. The second-order valence-electron chi connectivity index (χ2n) is 7.65. The van der Waals surface area contributed by atoms with Gasteiger partial charge in [0, 0.05) is 24.9 Å². The van der Waals surface area contributed by atoms with E-state index >= 15 is 0 Å². The molecule has 1 aliphatic heterocycles. The molecule has 1 aliphatic carbocycles. The number of hydrogen-bond donors (Lipinski definition) is 1. The smallest absolute Gasteiger partial charge is 0.227 e. The van der Waals surface area contributed by atoms with Gasteiger partial charge in [-0.05, 0) is 56.6 Å². The van der Waals surface area contributed by atoms with Gasteiger partial charge in [0.15, 0.2) is 0 Å². The monoisotopic (exact) mass is 396 g/mol. The van der Waals surface area contributed by atoms with Crippen molar-refractivity contribution in [2.75, 3.05) is 18.4 Å². The van der Waals surface area contributed by atoms with Crippen LogP contribution in [0.1, 0.15) is 45.4 Å². The van der Waals surface area contributed by atoms with Crippen molar-refractivity contribution in [3.05, 3.63) is 28.2 Å². The normalized spacial score (nSPS) is 24.3. The highest BCUT2D eigenvalue weighted by Crippen LogP contribution is 2.34. The first-order valence-corrected chi connectivity index (χ1v) is 10.2. The van der Waals surface area contributed by atoms with Gasteiger partial charge in [-0.1, -0.05) is 36.2 Å². The van der Waals surface area contributed by atoms with Gasteiger partial charge in [0.05, 0.1) is 15.7 Å². The van der Waals surface area contributed by atoms with Crippen LogP contribution in [-0.4, -0.2) is 29.8 Å². The first-order chi connectivity index (χ1) is 12.5. The highest BCUT2D eigenvalue weighted by molar-refractivity contribution is 6.44. The molecule has 4 nitrogen and oxygen atoms in total. The van der Waals surface area contributed by atoms with Crippen LogP contribution in [0.5, 0.6) is 0 Å². The summed E-state index contributed by atoms with van der Waals surface area (Å²) in [6.07, 6.45) is 5.25. The third-order valence-corrected chi connectivity index (χ3v) is 6.57. The van der Waals surface area contributed by atoms with E-state index in [9.17, 15) is 9.59 Å². The summed E-state index contributed by atoms with van der Waals surface area (Å²) in [6, 6.07) is 5.20. The molecule has 1 saturated carbocycles. The molecule has 0 radical (unpaired) electrons. The van der Waals surface area contributed by atoms with Crippen LogP contribution in [0, 0.1) is 17.8 Å². The molecule has 2 fully saturated rings. The molecule has 0 unspecified atom stereocenters. The van der Waals surface area contributed by atoms with Crippen molar-refractivity contribution in [1.82, 2.24) is 4.90 Å². The number of carbonyl (C=O) groups is 2. The topological polar surface area (TPSA) is 49.4 Å². The molecule has 2 aliphatic rings.